The second kappa shape index (κ2) is 11.5. The first-order valence-corrected chi connectivity index (χ1v) is 13.6. The Morgan fingerprint density at radius 1 is 0.583 bits per heavy atom. The van der Waals surface area contributed by atoms with Gasteiger partial charge in [0.25, 0.3) is 0 Å². The van der Waals surface area contributed by atoms with Crippen LogP contribution in [0.1, 0.15) is 65.2 Å². The molecule has 2 aromatic carbocycles. The molecule has 186 valence electrons. The summed E-state index contributed by atoms with van der Waals surface area (Å²) in [6.45, 7) is 6.45. The molecule has 5 rings (SSSR count). The molecule has 0 radical (unpaired) electrons. The highest BCUT2D eigenvalue weighted by Gasteiger charge is 2.13. The van der Waals surface area contributed by atoms with E-state index in [1.165, 1.54) is 62.4 Å². The van der Waals surface area contributed by atoms with Crippen LogP contribution in [0.25, 0.3) is 33.7 Å². The Morgan fingerprint density at radius 2 is 1.06 bits per heavy atom. The summed E-state index contributed by atoms with van der Waals surface area (Å²) >= 11 is 0. The summed E-state index contributed by atoms with van der Waals surface area (Å²) in [6.07, 6.45) is 17.1. The first kappa shape index (κ1) is 24.2. The van der Waals surface area contributed by atoms with Crippen molar-refractivity contribution >= 4 is 22.1 Å². The van der Waals surface area contributed by atoms with Gasteiger partial charge in [0, 0.05) is 0 Å². The number of pyridine rings is 1. The minimum atomic E-state index is 0.872. The number of nitrogens with zero attached hydrogens (tertiary/aromatic N) is 5. The Hall–Kier alpha value is -3.47. The minimum Gasteiger partial charge on any atom is -0.313 e. The standard InChI is InChI=1S/C31H37N5/c1-3-5-7-13-22-33-24-35(28-18-11-9-16-26(28)33)30-20-15-21-31(32-30)36-25-34(23-14-8-6-4-2)27-17-10-12-19-29(27)36/h9-12,15-21H,3-8,13-14,22-23H2,1-2H3. The van der Waals surface area contributed by atoms with Crippen LogP contribution < -0.4 is 9.13 Å². The number of aromatic nitrogens is 5. The second-order valence-corrected chi connectivity index (χ2v) is 9.63. The number of para-hydroxylation sites is 4. The van der Waals surface area contributed by atoms with E-state index in [-0.39, 0.29) is 0 Å². The summed E-state index contributed by atoms with van der Waals surface area (Å²) in [7, 11) is 0. The van der Waals surface area contributed by atoms with Gasteiger partial charge in [0.05, 0.1) is 35.2 Å². The third-order valence-electron chi connectivity index (χ3n) is 6.92. The largest absolute Gasteiger partial charge is 0.313 e. The van der Waals surface area contributed by atoms with E-state index in [0.29, 0.717) is 0 Å². The van der Waals surface area contributed by atoms with Gasteiger partial charge in [-0.1, -0.05) is 94.1 Å². The molecular weight excluding hydrogens is 442 g/mol. The molecule has 3 heterocycles. The predicted molar refractivity (Wildman–Crippen MR) is 144 cm³/mol. The lowest BCUT2D eigenvalue weighted by Crippen LogP contribution is -2.32. The SMILES string of the molecule is CCCCCC[n+]1[c-]n(-c2cccc(-n3[c-][n+](CCCCCC)c4ccccc43)n2)c2ccccc21. The van der Waals surface area contributed by atoms with Gasteiger partial charge in [0.2, 0.25) is 12.7 Å². The average Bonchev–Trinajstić information content (AvgIpc) is 3.48. The molecule has 0 fully saturated rings. The molecule has 0 bridgehead atoms. The van der Waals surface area contributed by atoms with Crippen molar-refractivity contribution in [3.63, 3.8) is 0 Å². The molecule has 0 amide bonds. The van der Waals surface area contributed by atoms with Crippen LogP contribution >= 0.6 is 0 Å². The predicted octanol–water partition coefficient (Wildman–Crippen LogP) is 6.31. The quantitative estimate of drug-likeness (QED) is 0.117. The molecule has 0 aliphatic carbocycles. The molecule has 5 nitrogen and oxygen atoms in total. The van der Waals surface area contributed by atoms with Crippen molar-refractivity contribution < 1.29 is 9.13 Å². The molecule has 0 aliphatic rings. The van der Waals surface area contributed by atoms with Crippen molar-refractivity contribution in [2.24, 2.45) is 0 Å². The maximum atomic E-state index is 5.10. The zero-order valence-corrected chi connectivity index (χ0v) is 21.7. The molecular formula is C31H37N5. The maximum absolute atomic E-state index is 5.10. The van der Waals surface area contributed by atoms with E-state index in [2.05, 4.69) is 112 Å². The van der Waals surface area contributed by atoms with Crippen LogP contribution in [0, 0.1) is 12.7 Å². The highest BCUT2D eigenvalue weighted by atomic mass is 15.2. The van der Waals surface area contributed by atoms with Crippen molar-refractivity contribution in [2.45, 2.75) is 78.3 Å². The van der Waals surface area contributed by atoms with Gasteiger partial charge in [0.15, 0.2) is 0 Å². The van der Waals surface area contributed by atoms with E-state index >= 15 is 0 Å². The van der Waals surface area contributed by atoms with Crippen molar-refractivity contribution in [1.29, 1.82) is 0 Å². The van der Waals surface area contributed by atoms with Crippen LogP contribution in [0.15, 0.2) is 66.7 Å². The topological polar surface area (TPSA) is 30.5 Å². The van der Waals surface area contributed by atoms with Crippen LogP contribution in [0.2, 0.25) is 0 Å². The summed E-state index contributed by atoms with van der Waals surface area (Å²) in [5.41, 5.74) is 4.66. The maximum Gasteiger partial charge on any atom is 0.245 e. The Labute approximate surface area is 214 Å². The summed E-state index contributed by atoms with van der Waals surface area (Å²) in [6, 6.07) is 23.3. The van der Waals surface area contributed by atoms with Crippen LogP contribution in [0.4, 0.5) is 0 Å². The second-order valence-electron chi connectivity index (χ2n) is 9.63. The highest BCUT2D eigenvalue weighted by molar-refractivity contribution is 5.74. The monoisotopic (exact) mass is 479 g/mol. The summed E-state index contributed by atoms with van der Waals surface area (Å²) in [4.78, 5) is 5.10. The number of rotatable bonds is 12. The van der Waals surface area contributed by atoms with Crippen molar-refractivity contribution in [2.75, 3.05) is 0 Å². The molecule has 0 atom stereocenters. The van der Waals surface area contributed by atoms with Gasteiger partial charge >= 0.3 is 0 Å². The number of imidazole rings is 2. The summed E-state index contributed by atoms with van der Waals surface area (Å²) in [5, 5.41) is 0. The lowest BCUT2D eigenvalue weighted by Gasteiger charge is -2.09. The van der Waals surface area contributed by atoms with Gasteiger partial charge in [-0.15, -0.1) is 0 Å². The van der Waals surface area contributed by atoms with Crippen LogP contribution in [0.3, 0.4) is 0 Å². The fraction of sp³-hybridized carbons (Fsp3) is 0.387. The molecule has 36 heavy (non-hydrogen) atoms. The van der Waals surface area contributed by atoms with Crippen molar-refractivity contribution in [3.05, 3.63) is 79.4 Å². The van der Waals surface area contributed by atoms with E-state index in [1.807, 2.05) is 0 Å². The number of hydrogen-bond acceptors (Lipinski definition) is 1. The molecule has 3 aromatic heterocycles. The lowest BCUT2D eigenvalue weighted by atomic mass is 10.2. The fourth-order valence-electron chi connectivity index (χ4n) is 4.96. The smallest absolute Gasteiger partial charge is 0.245 e. The molecule has 0 aliphatic heterocycles. The summed E-state index contributed by atoms with van der Waals surface area (Å²) in [5.74, 6) is 1.74. The Bertz CT molecular complexity index is 1320. The zero-order chi connectivity index (χ0) is 24.7. The summed E-state index contributed by atoms with van der Waals surface area (Å²) < 4.78 is 8.70. The molecule has 5 aromatic rings. The van der Waals surface area contributed by atoms with E-state index in [4.69, 9.17) is 4.98 Å². The van der Waals surface area contributed by atoms with Crippen molar-refractivity contribution in [1.82, 2.24) is 14.1 Å². The van der Waals surface area contributed by atoms with Crippen molar-refractivity contribution in [3.8, 4) is 11.6 Å². The van der Waals surface area contributed by atoms with Gasteiger partial charge < -0.3 is 18.3 Å². The van der Waals surface area contributed by atoms with Gasteiger partial charge in [0.1, 0.15) is 11.6 Å². The van der Waals surface area contributed by atoms with Gasteiger partial charge in [-0.05, 0) is 37.8 Å². The Kier molecular flexibility index (Phi) is 7.75. The third kappa shape index (κ3) is 5.06. The number of fused-ring (bicyclic) bond motifs is 2. The zero-order valence-electron chi connectivity index (χ0n) is 21.7. The lowest BCUT2D eigenvalue weighted by molar-refractivity contribution is -0.676. The molecule has 0 spiro atoms. The Morgan fingerprint density at radius 3 is 1.53 bits per heavy atom. The molecule has 0 saturated heterocycles. The van der Waals surface area contributed by atoms with Crippen LogP contribution in [-0.2, 0) is 13.1 Å². The molecule has 0 unspecified atom stereocenters. The first-order valence-electron chi connectivity index (χ1n) is 13.6. The van der Waals surface area contributed by atoms with E-state index in [9.17, 15) is 0 Å². The van der Waals surface area contributed by atoms with E-state index < -0.39 is 0 Å². The highest BCUT2D eigenvalue weighted by Crippen LogP contribution is 2.20. The van der Waals surface area contributed by atoms with Gasteiger partial charge in [-0.25, -0.2) is 0 Å². The number of unbranched alkanes of at least 4 members (excludes halogenated alkanes) is 6. The van der Waals surface area contributed by atoms with E-state index in [0.717, 1.165) is 35.8 Å². The average molecular weight is 480 g/mol. The third-order valence-corrected chi connectivity index (χ3v) is 6.92. The number of benzene rings is 2. The number of hydrogen-bond donors (Lipinski definition) is 0. The Balaban J connectivity index is 1.50. The van der Waals surface area contributed by atoms with Crippen LogP contribution in [-0.4, -0.2) is 14.1 Å². The molecule has 5 heteroatoms. The normalized spacial score (nSPS) is 11.6. The molecule has 0 N–H and O–H groups in total. The van der Waals surface area contributed by atoms with E-state index in [1.54, 1.807) is 0 Å². The fourth-order valence-corrected chi connectivity index (χ4v) is 4.96. The minimum absolute atomic E-state index is 0.872. The first-order chi connectivity index (χ1) is 17.8. The van der Waals surface area contributed by atoms with Gasteiger partial charge in [-0.3, -0.25) is 4.98 Å². The van der Waals surface area contributed by atoms with Gasteiger partial charge in [-0.2, -0.15) is 0 Å². The van der Waals surface area contributed by atoms with Crippen LogP contribution in [0.5, 0.6) is 0 Å². The number of aryl methyl sites for hydroxylation is 2. The molecule has 0 saturated carbocycles.